The highest BCUT2D eigenvalue weighted by molar-refractivity contribution is 6.57. The Balaban J connectivity index is 2.20. The second-order valence-corrected chi connectivity index (χ2v) is 9.92. The fourth-order valence-electron chi connectivity index (χ4n) is 2.79. The standard InChI is InChI=1S/C20H26Cl4O4/c21-19(22,17(25)26)13-5-1-3-7-15-9-11-16(12-10-15)8-4-2-6-14-20(23,24)18(27)28/h9-12H,1-8,13-14H2,(H,25,26)(H,27,28). The number of hydrogen-bond acceptors (Lipinski definition) is 2. The van der Waals surface area contributed by atoms with Crippen molar-refractivity contribution >= 4 is 58.3 Å². The Kier molecular flexibility index (Phi) is 11.0. The molecule has 4 nitrogen and oxygen atoms in total. The summed E-state index contributed by atoms with van der Waals surface area (Å²) < 4.78 is -3.38. The van der Waals surface area contributed by atoms with Crippen molar-refractivity contribution in [3.63, 3.8) is 0 Å². The van der Waals surface area contributed by atoms with Gasteiger partial charge >= 0.3 is 11.9 Å². The summed E-state index contributed by atoms with van der Waals surface area (Å²) in [7, 11) is 0. The molecule has 0 saturated carbocycles. The third kappa shape index (κ3) is 9.69. The van der Waals surface area contributed by atoms with E-state index in [-0.39, 0.29) is 12.8 Å². The van der Waals surface area contributed by atoms with Crippen LogP contribution in [0.5, 0.6) is 0 Å². The molecule has 0 amide bonds. The number of carbonyl (C=O) groups is 2. The fourth-order valence-corrected chi connectivity index (χ4v) is 3.33. The summed E-state index contributed by atoms with van der Waals surface area (Å²) in [6, 6.07) is 8.42. The van der Waals surface area contributed by atoms with Gasteiger partial charge in [0, 0.05) is 0 Å². The van der Waals surface area contributed by atoms with Crippen molar-refractivity contribution < 1.29 is 19.8 Å². The number of carboxylic acid groups (broad SMARTS) is 2. The molecule has 0 unspecified atom stereocenters. The summed E-state index contributed by atoms with van der Waals surface area (Å²) in [6.07, 6.45) is 7.31. The van der Waals surface area contributed by atoms with Crippen molar-refractivity contribution in [3.8, 4) is 0 Å². The Labute approximate surface area is 186 Å². The highest BCUT2D eigenvalue weighted by Crippen LogP contribution is 2.29. The lowest BCUT2D eigenvalue weighted by Gasteiger charge is -2.13. The molecule has 0 radical (unpaired) electrons. The maximum Gasteiger partial charge on any atom is 0.340 e. The minimum Gasteiger partial charge on any atom is -0.479 e. The van der Waals surface area contributed by atoms with Crippen LogP contribution in [0.15, 0.2) is 24.3 Å². The largest absolute Gasteiger partial charge is 0.479 e. The molecule has 1 rings (SSSR count). The molecule has 0 aliphatic rings. The summed E-state index contributed by atoms with van der Waals surface area (Å²) >= 11 is 22.8. The molecule has 28 heavy (non-hydrogen) atoms. The van der Waals surface area contributed by atoms with Crippen molar-refractivity contribution in [2.75, 3.05) is 0 Å². The molecule has 0 atom stereocenters. The zero-order chi connectivity index (χ0) is 21.2. The van der Waals surface area contributed by atoms with Gasteiger partial charge in [-0.2, -0.15) is 0 Å². The van der Waals surface area contributed by atoms with E-state index in [1.165, 1.54) is 11.1 Å². The molecule has 2 N–H and O–H groups in total. The maximum absolute atomic E-state index is 10.8. The number of alkyl halides is 4. The third-order valence-corrected chi connectivity index (χ3v) is 5.96. The molecular weight excluding hydrogens is 446 g/mol. The molecule has 0 spiro atoms. The molecule has 0 heterocycles. The SMILES string of the molecule is O=C(O)C(Cl)(Cl)CCCCCc1ccc(CCCCCC(Cl)(Cl)C(=O)O)cc1. The smallest absolute Gasteiger partial charge is 0.340 e. The van der Waals surface area contributed by atoms with Crippen LogP contribution in [0, 0.1) is 0 Å². The van der Waals surface area contributed by atoms with Gasteiger partial charge in [-0.05, 0) is 62.5 Å². The Morgan fingerprint density at radius 2 is 0.964 bits per heavy atom. The molecule has 8 heteroatoms. The lowest BCUT2D eigenvalue weighted by molar-refractivity contribution is -0.138. The van der Waals surface area contributed by atoms with Gasteiger partial charge in [-0.15, -0.1) is 0 Å². The van der Waals surface area contributed by atoms with Crippen molar-refractivity contribution in [3.05, 3.63) is 35.4 Å². The first-order valence-electron chi connectivity index (χ1n) is 9.35. The van der Waals surface area contributed by atoms with Crippen LogP contribution in [0.2, 0.25) is 0 Å². The van der Waals surface area contributed by atoms with E-state index in [0.29, 0.717) is 12.8 Å². The average molecular weight is 472 g/mol. The van der Waals surface area contributed by atoms with Gasteiger partial charge in [-0.25, -0.2) is 9.59 Å². The van der Waals surface area contributed by atoms with Gasteiger partial charge in [-0.1, -0.05) is 83.5 Å². The van der Waals surface area contributed by atoms with Crippen LogP contribution in [-0.4, -0.2) is 30.8 Å². The summed E-state index contributed by atoms with van der Waals surface area (Å²) in [5.41, 5.74) is 2.47. The van der Waals surface area contributed by atoms with E-state index in [1.807, 2.05) is 0 Å². The Morgan fingerprint density at radius 1 is 0.643 bits per heavy atom. The van der Waals surface area contributed by atoms with Gasteiger partial charge in [-0.3, -0.25) is 0 Å². The molecule has 0 bridgehead atoms. The number of aryl methyl sites for hydroxylation is 2. The molecule has 1 aromatic carbocycles. The van der Waals surface area contributed by atoms with Crippen LogP contribution < -0.4 is 0 Å². The predicted molar refractivity (Wildman–Crippen MR) is 115 cm³/mol. The summed E-state index contributed by atoms with van der Waals surface area (Å²) in [4.78, 5) is 21.6. The van der Waals surface area contributed by atoms with Crippen LogP contribution >= 0.6 is 46.4 Å². The van der Waals surface area contributed by atoms with E-state index in [9.17, 15) is 9.59 Å². The summed E-state index contributed by atoms with van der Waals surface area (Å²) in [5.74, 6) is -2.39. The molecular formula is C20H26Cl4O4. The Morgan fingerprint density at radius 3 is 1.25 bits per heavy atom. The van der Waals surface area contributed by atoms with Gasteiger partial charge in [0.15, 0.2) is 0 Å². The quantitative estimate of drug-likeness (QED) is 0.243. The summed E-state index contributed by atoms with van der Waals surface area (Å²) in [6.45, 7) is 0. The average Bonchev–Trinajstić information content (AvgIpc) is 2.62. The first-order chi connectivity index (χ1) is 13.0. The maximum atomic E-state index is 10.8. The number of benzene rings is 1. The molecule has 0 saturated heterocycles. The predicted octanol–water partition coefficient (Wildman–Crippen LogP) is 6.41. The van der Waals surface area contributed by atoms with Crippen molar-refractivity contribution in [1.82, 2.24) is 0 Å². The van der Waals surface area contributed by atoms with E-state index in [4.69, 9.17) is 56.6 Å². The van der Waals surface area contributed by atoms with Crippen LogP contribution in [0.25, 0.3) is 0 Å². The van der Waals surface area contributed by atoms with Crippen LogP contribution in [-0.2, 0) is 22.4 Å². The van der Waals surface area contributed by atoms with Crippen molar-refractivity contribution in [2.45, 2.75) is 72.9 Å². The number of unbranched alkanes of at least 4 members (excludes halogenated alkanes) is 4. The van der Waals surface area contributed by atoms with Crippen molar-refractivity contribution in [2.24, 2.45) is 0 Å². The first-order valence-corrected chi connectivity index (χ1v) is 10.9. The normalized spacial score (nSPS) is 12.1. The van der Waals surface area contributed by atoms with Gasteiger partial charge < -0.3 is 10.2 Å². The van der Waals surface area contributed by atoms with Crippen LogP contribution in [0.3, 0.4) is 0 Å². The minimum absolute atomic E-state index is 0.241. The first kappa shape index (κ1) is 25.4. The van der Waals surface area contributed by atoms with E-state index >= 15 is 0 Å². The highest BCUT2D eigenvalue weighted by atomic mass is 35.5. The highest BCUT2D eigenvalue weighted by Gasteiger charge is 2.33. The second kappa shape index (κ2) is 12.1. The van der Waals surface area contributed by atoms with Gasteiger partial charge in [0.1, 0.15) is 0 Å². The molecule has 0 aromatic heterocycles. The number of carboxylic acids is 2. The lowest BCUT2D eigenvalue weighted by atomic mass is 10.0. The zero-order valence-corrected chi connectivity index (χ0v) is 18.6. The molecule has 158 valence electrons. The summed E-state index contributed by atoms with van der Waals surface area (Å²) in [5, 5.41) is 17.7. The topological polar surface area (TPSA) is 74.6 Å². The Hall–Kier alpha value is -0.680. The van der Waals surface area contributed by atoms with E-state index in [1.54, 1.807) is 0 Å². The molecule has 1 aromatic rings. The van der Waals surface area contributed by atoms with E-state index < -0.39 is 20.6 Å². The van der Waals surface area contributed by atoms with Crippen molar-refractivity contribution in [1.29, 1.82) is 0 Å². The lowest BCUT2D eigenvalue weighted by Crippen LogP contribution is -2.25. The van der Waals surface area contributed by atoms with Crippen LogP contribution in [0.1, 0.15) is 62.5 Å². The van der Waals surface area contributed by atoms with E-state index in [0.717, 1.165) is 38.5 Å². The van der Waals surface area contributed by atoms with Crippen LogP contribution in [0.4, 0.5) is 0 Å². The van der Waals surface area contributed by atoms with Gasteiger partial charge in [0.2, 0.25) is 8.67 Å². The monoisotopic (exact) mass is 470 g/mol. The van der Waals surface area contributed by atoms with E-state index in [2.05, 4.69) is 24.3 Å². The van der Waals surface area contributed by atoms with Gasteiger partial charge in [0.05, 0.1) is 0 Å². The third-order valence-electron chi connectivity index (χ3n) is 4.56. The molecule has 0 aliphatic carbocycles. The Bertz CT molecular complexity index is 575. The van der Waals surface area contributed by atoms with Gasteiger partial charge in [0.25, 0.3) is 0 Å². The molecule has 0 aliphatic heterocycles. The minimum atomic E-state index is -1.69. The number of hydrogen-bond donors (Lipinski definition) is 2. The number of rotatable bonds is 14. The number of aliphatic carboxylic acids is 2. The fraction of sp³-hybridized carbons (Fsp3) is 0.600. The number of halogens is 4. The zero-order valence-electron chi connectivity index (χ0n) is 15.6. The molecule has 0 fully saturated rings. The second-order valence-electron chi connectivity index (χ2n) is 6.96.